The summed E-state index contributed by atoms with van der Waals surface area (Å²) < 4.78 is 28.0. The van der Waals surface area contributed by atoms with Gasteiger partial charge < -0.3 is 5.73 Å². The molecule has 1 saturated carbocycles. The highest BCUT2D eigenvalue weighted by Crippen LogP contribution is 2.43. The van der Waals surface area contributed by atoms with Crippen LogP contribution in [-0.4, -0.2) is 15.0 Å². The van der Waals surface area contributed by atoms with E-state index in [-0.39, 0.29) is 16.0 Å². The maximum absolute atomic E-state index is 12.3. The van der Waals surface area contributed by atoms with Crippen molar-refractivity contribution in [2.45, 2.75) is 37.5 Å². The van der Waals surface area contributed by atoms with E-state index in [1.807, 2.05) is 0 Å². The van der Waals surface area contributed by atoms with E-state index in [9.17, 15) is 8.42 Å². The lowest BCUT2D eigenvalue weighted by molar-refractivity contribution is 0.133. The van der Waals surface area contributed by atoms with Crippen LogP contribution in [0.1, 0.15) is 32.6 Å². The number of sulfonamides is 1. The van der Waals surface area contributed by atoms with Crippen LogP contribution in [0, 0.1) is 5.41 Å². The molecule has 1 aliphatic rings. The second kappa shape index (κ2) is 5.42. The lowest BCUT2D eigenvalue weighted by Gasteiger charge is -2.41. The molecule has 1 aromatic carbocycles. The van der Waals surface area contributed by atoms with Gasteiger partial charge in [0, 0.05) is 11.0 Å². The first-order chi connectivity index (χ1) is 8.88. The summed E-state index contributed by atoms with van der Waals surface area (Å²) in [6, 6.07) is 4.86. The van der Waals surface area contributed by atoms with Gasteiger partial charge in [0.2, 0.25) is 10.0 Å². The fourth-order valence-corrected chi connectivity index (χ4v) is 4.22. The number of halogens is 1. The minimum absolute atomic E-state index is 0.146. The van der Waals surface area contributed by atoms with E-state index in [0.717, 1.165) is 19.3 Å². The maximum Gasteiger partial charge on any atom is 0.242 e. The van der Waals surface area contributed by atoms with Crippen LogP contribution in [0.5, 0.6) is 0 Å². The first-order valence-electron chi connectivity index (χ1n) is 6.43. The van der Waals surface area contributed by atoms with Crippen LogP contribution >= 0.6 is 15.9 Å². The van der Waals surface area contributed by atoms with Crippen molar-refractivity contribution in [3.05, 3.63) is 22.7 Å². The van der Waals surface area contributed by atoms with E-state index >= 15 is 0 Å². The molecule has 3 N–H and O–H groups in total. The first-order valence-corrected chi connectivity index (χ1v) is 8.71. The van der Waals surface area contributed by atoms with E-state index in [1.165, 1.54) is 12.5 Å². The van der Waals surface area contributed by atoms with Gasteiger partial charge in [0.15, 0.2) is 0 Å². The summed E-state index contributed by atoms with van der Waals surface area (Å²) >= 11 is 3.27. The van der Waals surface area contributed by atoms with Crippen LogP contribution in [0.3, 0.4) is 0 Å². The lowest BCUT2D eigenvalue weighted by Crippen LogP contribution is -2.41. The Kier molecular flexibility index (Phi) is 4.23. The fraction of sp³-hybridized carbons (Fsp3) is 0.538. The van der Waals surface area contributed by atoms with Crippen LogP contribution in [-0.2, 0) is 10.0 Å². The number of anilines is 1. The average molecular weight is 347 g/mol. The van der Waals surface area contributed by atoms with Crippen LogP contribution in [0.15, 0.2) is 27.6 Å². The van der Waals surface area contributed by atoms with Crippen molar-refractivity contribution in [3.63, 3.8) is 0 Å². The quantitative estimate of drug-likeness (QED) is 0.805. The van der Waals surface area contributed by atoms with E-state index in [0.29, 0.717) is 11.0 Å². The molecule has 6 heteroatoms. The molecule has 0 aliphatic heterocycles. The summed E-state index contributed by atoms with van der Waals surface area (Å²) in [6.45, 7) is 2.61. The molecule has 0 unspecified atom stereocenters. The molecular weight excluding hydrogens is 328 g/mol. The van der Waals surface area contributed by atoms with Gasteiger partial charge in [-0.3, -0.25) is 0 Å². The van der Waals surface area contributed by atoms with Crippen molar-refractivity contribution >= 4 is 31.6 Å². The molecule has 0 radical (unpaired) electrons. The van der Waals surface area contributed by atoms with Crippen molar-refractivity contribution in [2.24, 2.45) is 5.41 Å². The van der Waals surface area contributed by atoms with Gasteiger partial charge >= 0.3 is 0 Å². The third-order valence-electron chi connectivity index (χ3n) is 4.07. The van der Waals surface area contributed by atoms with Gasteiger partial charge in [-0.2, -0.15) is 0 Å². The number of hydrogen-bond donors (Lipinski definition) is 2. The van der Waals surface area contributed by atoms with Crippen LogP contribution in [0.2, 0.25) is 0 Å². The van der Waals surface area contributed by atoms with E-state index in [4.69, 9.17) is 5.73 Å². The molecule has 1 fully saturated rings. The normalized spacial score (nSPS) is 18.0. The minimum atomic E-state index is -3.54. The number of rotatable bonds is 5. The Bertz CT molecular complexity index is 562. The number of nitrogens with two attached hydrogens (primary N) is 1. The summed E-state index contributed by atoms with van der Waals surface area (Å²) in [5.74, 6) is 0. The topological polar surface area (TPSA) is 72.2 Å². The molecule has 4 nitrogen and oxygen atoms in total. The van der Waals surface area contributed by atoms with Crippen molar-refractivity contribution in [1.82, 2.24) is 4.72 Å². The molecule has 0 aromatic heterocycles. The first kappa shape index (κ1) is 14.8. The van der Waals surface area contributed by atoms with Gasteiger partial charge in [0.1, 0.15) is 4.90 Å². The molecule has 2 rings (SSSR count). The van der Waals surface area contributed by atoms with E-state index in [1.54, 1.807) is 12.1 Å². The highest BCUT2D eigenvalue weighted by atomic mass is 79.9. The zero-order valence-corrected chi connectivity index (χ0v) is 13.4. The Morgan fingerprint density at radius 2 is 2.11 bits per heavy atom. The molecule has 0 saturated heterocycles. The Labute approximate surface area is 122 Å². The van der Waals surface area contributed by atoms with Crippen LogP contribution < -0.4 is 10.5 Å². The zero-order chi connectivity index (χ0) is 14.1. The smallest absolute Gasteiger partial charge is 0.242 e. The third-order valence-corrected chi connectivity index (χ3v) is 6.02. The SMILES string of the molecule is CCC1(CNS(=O)(=O)c2cc(Br)ccc2N)CCC1. The van der Waals surface area contributed by atoms with Gasteiger partial charge in [0.25, 0.3) is 0 Å². The summed E-state index contributed by atoms with van der Waals surface area (Å²) in [6.07, 6.45) is 4.39. The maximum atomic E-state index is 12.3. The Morgan fingerprint density at radius 3 is 2.63 bits per heavy atom. The summed E-state index contributed by atoms with van der Waals surface area (Å²) in [5, 5.41) is 0. The molecule has 0 atom stereocenters. The largest absolute Gasteiger partial charge is 0.398 e. The second-order valence-electron chi connectivity index (χ2n) is 5.21. The highest BCUT2D eigenvalue weighted by molar-refractivity contribution is 9.10. The van der Waals surface area contributed by atoms with Gasteiger partial charge in [-0.05, 0) is 42.9 Å². The Hall–Kier alpha value is -0.590. The molecule has 0 heterocycles. The van der Waals surface area contributed by atoms with Crippen LogP contribution in [0.4, 0.5) is 5.69 Å². The van der Waals surface area contributed by atoms with Gasteiger partial charge in [-0.1, -0.05) is 29.3 Å². The Balaban J connectivity index is 2.16. The number of nitrogens with one attached hydrogen (secondary N) is 1. The molecule has 19 heavy (non-hydrogen) atoms. The highest BCUT2D eigenvalue weighted by Gasteiger charge is 2.36. The molecule has 0 bridgehead atoms. The summed E-state index contributed by atoms with van der Waals surface area (Å²) in [5.41, 5.74) is 6.17. The second-order valence-corrected chi connectivity index (χ2v) is 7.86. The van der Waals surface area contributed by atoms with Crippen LogP contribution in [0.25, 0.3) is 0 Å². The molecule has 1 aliphatic carbocycles. The molecule has 1 aromatic rings. The molecule has 106 valence electrons. The number of nitrogen functional groups attached to an aromatic ring is 1. The predicted molar refractivity (Wildman–Crippen MR) is 80.3 cm³/mol. The minimum Gasteiger partial charge on any atom is -0.398 e. The lowest BCUT2D eigenvalue weighted by atomic mass is 9.67. The van der Waals surface area contributed by atoms with Crippen molar-refractivity contribution in [3.8, 4) is 0 Å². The zero-order valence-electron chi connectivity index (χ0n) is 10.9. The molecule has 0 spiro atoms. The molecular formula is C13H19BrN2O2S. The third kappa shape index (κ3) is 3.12. The predicted octanol–water partition coefficient (Wildman–Crippen LogP) is 2.89. The molecule has 0 amide bonds. The van der Waals surface area contributed by atoms with E-state index in [2.05, 4.69) is 27.6 Å². The van der Waals surface area contributed by atoms with Crippen molar-refractivity contribution in [2.75, 3.05) is 12.3 Å². The summed E-state index contributed by atoms with van der Waals surface area (Å²) in [4.78, 5) is 0.146. The van der Waals surface area contributed by atoms with Crippen molar-refractivity contribution in [1.29, 1.82) is 0 Å². The number of hydrogen-bond acceptors (Lipinski definition) is 3. The van der Waals surface area contributed by atoms with Gasteiger partial charge in [0.05, 0.1) is 5.69 Å². The number of benzene rings is 1. The standard InChI is InChI=1S/C13H19BrN2O2S/c1-2-13(6-3-7-13)9-16-19(17,18)12-8-10(14)4-5-11(12)15/h4-5,8,16H,2-3,6-7,9,15H2,1H3. The summed E-state index contributed by atoms with van der Waals surface area (Å²) in [7, 11) is -3.54. The monoisotopic (exact) mass is 346 g/mol. The fourth-order valence-electron chi connectivity index (χ4n) is 2.40. The Morgan fingerprint density at radius 1 is 1.42 bits per heavy atom. The average Bonchev–Trinajstić information content (AvgIpc) is 2.31. The van der Waals surface area contributed by atoms with Crippen molar-refractivity contribution < 1.29 is 8.42 Å². The van der Waals surface area contributed by atoms with E-state index < -0.39 is 10.0 Å². The van der Waals surface area contributed by atoms with Gasteiger partial charge in [-0.15, -0.1) is 0 Å². The van der Waals surface area contributed by atoms with Gasteiger partial charge in [-0.25, -0.2) is 13.1 Å².